The molecule has 138 valence electrons. The summed E-state index contributed by atoms with van der Waals surface area (Å²) in [6, 6.07) is 0. The van der Waals surface area contributed by atoms with Gasteiger partial charge in [-0.3, -0.25) is 14.3 Å². The maximum absolute atomic E-state index is 11.9. The minimum atomic E-state index is -1.21. The lowest BCUT2D eigenvalue weighted by molar-refractivity contribution is -0.146. The van der Waals surface area contributed by atoms with Crippen molar-refractivity contribution in [2.75, 3.05) is 11.9 Å². The Morgan fingerprint density at radius 1 is 1.24 bits per heavy atom. The van der Waals surface area contributed by atoms with E-state index >= 15 is 0 Å². The molecule has 0 aliphatic heterocycles. The van der Waals surface area contributed by atoms with E-state index < -0.39 is 11.5 Å². The third kappa shape index (κ3) is 5.30. The SMILES string of the molecule is CC(C)(C(=O)O)n1cc(NC(=O)CNC(=O)CC2CCCCC2)cn1. The molecule has 1 heterocycles. The number of amides is 2. The van der Waals surface area contributed by atoms with Crippen LogP contribution in [0.2, 0.25) is 0 Å². The molecule has 2 rings (SSSR count). The van der Waals surface area contributed by atoms with Crippen LogP contribution in [0.3, 0.4) is 0 Å². The minimum absolute atomic E-state index is 0.107. The fraction of sp³-hybridized carbons (Fsp3) is 0.647. The number of aromatic nitrogens is 2. The van der Waals surface area contributed by atoms with Crippen LogP contribution in [0.15, 0.2) is 12.4 Å². The quantitative estimate of drug-likeness (QED) is 0.693. The molecular formula is C17H26N4O4. The van der Waals surface area contributed by atoms with E-state index in [2.05, 4.69) is 15.7 Å². The number of rotatable bonds is 7. The van der Waals surface area contributed by atoms with Gasteiger partial charge in [0.1, 0.15) is 0 Å². The normalized spacial score (nSPS) is 15.6. The van der Waals surface area contributed by atoms with E-state index in [9.17, 15) is 19.5 Å². The van der Waals surface area contributed by atoms with Crippen LogP contribution in [-0.4, -0.2) is 39.2 Å². The molecule has 1 aliphatic carbocycles. The summed E-state index contributed by atoms with van der Waals surface area (Å²) in [4.78, 5) is 35.0. The molecule has 2 amide bonds. The highest BCUT2D eigenvalue weighted by Gasteiger charge is 2.30. The van der Waals surface area contributed by atoms with Gasteiger partial charge >= 0.3 is 5.97 Å². The molecule has 0 aromatic carbocycles. The van der Waals surface area contributed by atoms with E-state index in [1.807, 2.05) is 0 Å². The molecule has 0 atom stereocenters. The Morgan fingerprint density at radius 3 is 2.56 bits per heavy atom. The monoisotopic (exact) mass is 350 g/mol. The van der Waals surface area contributed by atoms with Crippen molar-refractivity contribution in [2.24, 2.45) is 5.92 Å². The van der Waals surface area contributed by atoms with E-state index in [1.54, 1.807) is 0 Å². The van der Waals surface area contributed by atoms with Gasteiger partial charge in [-0.05, 0) is 32.6 Å². The summed E-state index contributed by atoms with van der Waals surface area (Å²) in [5.74, 6) is -1.08. The second-order valence-corrected chi connectivity index (χ2v) is 7.07. The van der Waals surface area contributed by atoms with E-state index in [-0.39, 0.29) is 18.4 Å². The Morgan fingerprint density at radius 2 is 1.92 bits per heavy atom. The van der Waals surface area contributed by atoms with Crippen LogP contribution in [-0.2, 0) is 19.9 Å². The van der Waals surface area contributed by atoms with E-state index in [4.69, 9.17) is 0 Å². The smallest absolute Gasteiger partial charge is 0.331 e. The molecule has 8 nitrogen and oxygen atoms in total. The van der Waals surface area contributed by atoms with Gasteiger partial charge in [0.2, 0.25) is 11.8 Å². The van der Waals surface area contributed by atoms with Crippen LogP contribution in [0.1, 0.15) is 52.4 Å². The predicted octanol–water partition coefficient (Wildman–Crippen LogP) is 1.73. The first-order valence-electron chi connectivity index (χ1n) is 8.64. The fourth-order valence-corrected chi connectivity index (χ4v) is 2.90. The molecule has 0 spiro atoms. The summed E-state index contributed by atoms with van der Waals surface area (Å²) in [5.41, 5.74) is -0.821. The van der Waals surface area contributed by atoms with Crippen LogP contribution < -0.4 is 10.6 Å². The number of carboxylic acids is 1. The fourth-order valence-electron chi connectivity index (χ4n) is 2.90. The molecule has 1 aromatic heterocycles. The van der Waals surface area contributed by atoms with E-state index in [0.717, 1.165) is 12.8 Å². The highest BCUT2D eigenvalue weighted by molar-refractivity contribution is 5.94. The number of nitrogens with zero attached hydrogens (tertiary/aromatic N) is 2. The number of carboxylic acid groups (broad SMARTS) is 1. The second kappa shape index (κ2) is 8.13. The molecule has 0 saturated heterocycles. The molecule has 1 aromatic rings. The van der Waals surface area contributed by atoms with Gasteiger partial charge < -0.3 is 15.7 Å². The van der Waals surface area contributed by atoms with Crippen molar-refractivity contribution in [1.82, 2.24) is 15.1 Å². The number of hydrogen-bond donors (Lipinski definition) is 3. The number of carbonyl (C=O) groups excluding carboxylic acids is 2. The molecule has 1 fully saturated rings. The summed E-state index contributed by atoms with van der Waals surface area (Å²) in [6.45, 7) is 2.91. The summed E-state index contributed by atoms with van der Waals surface area (Å²) < 4.78 is 1.27. The first kappa shape index (κ1) is 19.0. The summed E-state index contributed by atoms with van der Waals surface area (Å²) in [6.07, 6.45) is 9.06. The van der Waals surface area contributed by atoms with Crippen molar-refractivity contribution >= 4 is 23.5 Å². The van der Waals surface area contributed by atoms with Gasteiger partial charge in [-0.25, -0.2) is 4.79 Å². The molecule has 25 heavy (non-hydrogen) atoms. The van der Waals surface area contributed by atoms with Crippen molar-refractivity contribution in [3.63, 3.8) is 0 Å². The van der Waals surface area contributed by atoms with Crippen molar-refractivity contribution in [2.45, 2.75) is 57.9 Å². The zero-order valence-corrected chi connectivity index (χ0v) is 14.7. The predicted molar refractivity (Wildman–Crippen MR) is 92.0 cm³/mol. The average Bonchev–Trinajstić information content (AvgIpc) is 3.03. The van der Waals surface area contributed by atoms with E-state index in [1.165, 1.54) is 50.2 Å². The lowest BCUT2D eigenvalue weighted by Gasteiger charge is -2.20. The van der Waals surface area contributed by atoms with Crippen molar-refractivity contribution < 1.29 is 19.5 Å². The molecule has 1 saturated carbocycles. The number of nitrogens with one attached hydrogen (secondary N) is 2. The number of hydrogen-bond acceptors (Lipinski definition) is 4. The third-order valence-electron chi connectivity index (χ3n) is 4.61. The molecule has 3 N–H and O–H groups in total. The molecule has 0 bridgehead atoms. The van der Waals surface area contributed by atoms with Gasteiger partial charge in [0, 0.05) is 12.6 Å². The van der Waals surface area contributed by atoms with Gasteiger partial charge in [-0.2, -0.15) is 5.10 Å². The molecule has 8 heteroatoms. The van der Waals surface area contributed by atoms with Gasteiger partial charge in [0.15, 0.2) is 5.54 Å². The summed E-state index contributed by atoms with van der Waals surface area (Å²) >= 11 is 0. The van der Waals surface area contributed by atoms with Gasteiger partial charge in [-0.1, -0.05) is 19.3 Å². The maximum atomic E-state index is 11.9. The first-order chi connectivity index (χ1) is 11.8. The highest BCUT2D eigenvalue weighted by atomic mass is 16.4. The Hall–Kier alpha value is -2.38. The van der Waals surface area contributed by atoms with E-state index in [0.29, 0.717) is 18.0 Å². The van der Waals surface area contributed by atoms with Crippen molar-refractivity contribution in [1.29, 1.82) is 0 Å². The minimum Gasteiger partial charge on any atom is -0.479 e. The molecule has 1 aliphatic rings. The highest BCUT2D eigenvalue weighted by Crippen LogP contribution is 2.26. The van der Waals surface area contributed by atoms with Gasteiger partial charge in [0.05, 0.1) is 18.4 Å². The second-order valence-electron chi connectivity index (χ2n) is 7.07. The molecule has 0 radical (unpaired) electrons. The lowest BCUT2D eigenvalue weighted by atomic mass is 9.87. The van der Waals surface area contributed by atoms with Crippen molar-refractivity contribution in [3.05, 3.63) is 12.4 Å². The van der Waals surface area contributed by atoms with Gasteiger partial charge in [-0.15, -0.1) is 0 Å². The largest absolute Gasteiger partial charge is 0.479 e. The van der Waals surface area contributed by atoms with Crippen LogP contribution in [0.4, 0.5) is 5.69 Å². The summed E-state index contributed by atoms with van der Waals surface area (Å²) in [5, 5.41) is 18.4. The third-order valence-corrected chi connectivity index (χ3v) is 4.61. The Labute approximate surface area is 147 Å². The standard InChI is InChI=1S/C17H26N4O4/c1-17(2,16(24)25)21-11-13(9-19-21)20-15(23)10-18-14(22)8-12-6-4-3-5-7-12/h9,11-12H,3-8,10H2,1-2H3,(H,18,22)(H,20,23)(H,24,25). The van der Waals surface area contributed by atoms with Crippen LogP contribution >= 0.6 is 0 Å². The molecule has 0 unspecified atom stereocenters. The Balaban J connectivity index is 1.77. The topological polar surface area (TPSA) is 113 Å². The summed E-state index contributed by atoms with van der Waals surface area (Å²) in [7, 11) is 0. The first-order valence-corrected chi connectivity index (χ1v) is 8.64. The Bertz CT molecular complexity index is 632. The number of carbonyl (C=O) groups is 3. The van der Waals surface area contributed by atoms with Crippen LogP contribution in [0.5, 0.6) is 0 Å². The lowest BCUT2D eigenvalue weighted by Crippen LogP contribution is -2.36. The maximum Gasteiger partial charge on any atom is 0.331 e. The van der Waals surface area contributed by atoms with Crippen LogP contribution in [0, 0.1) is 5.92 Å². The molecular weight excluding hydrogens is 324 g/mol. The van der Waals surface area contributed by atoms with Gasteiger partial charge in [0.25, 0.3) is 0 Å². The van der Waals surface area contributed by atoms with Crippen molar-refractivity contribution in [3.8, 4) is 0 Å². The number of anilines is 1. The zero-order valence-electron chi connectivity index (χ0n) is 14.7. The average molecular weight is 350 g/mol. The number of aliphatic carboxylic acids is 1. The Kier molecular flexibility index (Phi) is 6.17. The van der Waals surface area contributed by atoms with Crippen LogP contribution in [0.25, 0.3) is 0 Å². The zero-order chi connectivity index (χ0) is 18.4.